The van der Waals surface area contributed by atoms with E-state index in [1.165, 1.54) is 0 Å². The number of nitrogens with two attached hydrogens (primary N) is 1. The first kappa shape index (κ1) is 14.3. The molecule has 0 spiro atoms. The third-order valence-electron chi connectivity index (χ3n) is 3.38. The Morgan fingerprint density at radius 1 is 1.00 bits per heavy atom. The minimum absolute atomic E-state index is 0.465. The first-order chi connectivity index (χ1) is 10.1. The molecule has 3 rings (SSSR count). The maximum absolute atomic E-state index is 12.6. The van der Waals surface area contributed by atoms with Gasteiger partial charge in [-0.05, 0) is 34.5 Å². The fraction of sp³-hybridized carbons (Fsp3) is 0.0588. The Morgan fingerprint density at radius 3 is 2.57 bits per heavy atom. The predicted molar refractivity (Wildman–Crippen MR) is 92.6 cm³/mol. The predicted octanol–water partition coefficient (Wildman–Crippen LogP) is 4.49. The highest BCUT2D eigenvalue weighted by Gasteiger charge is 2.11. The summed E-state index contributed by atoms with van der Waals surface area (Å²) in [4.78, 5) is 0.686. The van der Waals surface area contributed by atoms with Crippen LogP contribution in [0.3, 0.4) is 0 Å². The summed E-state index contributed by atoms with van der Waals surface area (Å²) in [6, 6.07) is 19.7. The number of halogens is 1. The Balaban J connectivity index is 1.97. The smallest absolute Gasteiger partial charge is 0.0621 e. The lowest BCUT2D eigenvalue weighted by atomic mass is 10.1. The second kappa shape index (κ2) is 6.00. The summed E-state index contributed by atoms with van der Waals surface area (Å²) in [5, 5.41) is 2.31. The average molecular weight is 360 g/mol. The van der Waals surface area contributed by atoms with Crippen LogP contribution in [0.4, 0.5) is 5.69 Å². The zero-order valence-corrected chi connectivity index (χ0v) is 13.7. The minimum atomic E-state index is -1.16. The number of hydrogen-bond acceptors (Lipinski definition) is 2. The lowest BCUT2D eigenvalue weighted by molar-refractivity contribution is 0.683. The second-order valence-corrected chi connectivity index (χ2v) is 7.15. The van der Waals surface area contributed by atoms with E-state index in [0.29, 0.717) is 16.3 Å². The molecule has 0 amide bonds. The van der Waals surface area contributed by atoms with Gasteiger partial charge in [-0.1, -0.05) is 58.4 Å². The molecule has 0 radical (unpaired) electrons. The SMILES string of the molecule is Nc1cc(Br)ccc1S(=O)Cc1cccc2ccccc12. The molecule has 1 atom stereocenters. The van der Waals surface area contributed by atoms with Crippen LogP contribution < -0.4 is 5.73 Å². The fourth-order valence-corrected chi connectivity index (χ4v) is 3.97. The first-order valence-corrected chi connectivity index (χ1v) is 8.66. The number of anilines is 1. The molecule has 4 heteroatoms. The van der Waals surface area contributed by atoms with Gasteiger partial charge in [-0.2, -0.15) is 0 Å². The second-order valence-electron chi connectivity index (χ2n) is 4.81. The molecule has 0 fully saturated rings. The van der Waals surface area contributed by atoms with Crippen LogP contribution in [0.25, 0.3) is 10.8 Å². The van der Waals surface area contributed by atoms with Crippen molar-refractivity contribution in [1.29, 1.82) is 0 Å². The van der Waals surface area contributed by atoms with Crippen molar-refractivity contribution in [2.24, 2.45) is 0 Å². The Hall–Kier alpha value is -1.65. The molecule has 0 heterocycles. The zero-order chi connectivity index (χ0) is 14.8. The summed E-state index contributed by atoms with van der Waals surface area (Å²) >= 11 is 3.37. The summed E-state index contributed by atoms with van der Waals surface area (Å²) in [5.74, 6) is 0.465. The fourth-order valence-electron chi connectivity index (χ4n) is 2.36. The Kier molecular flexibility index (Phi) is 4.08. The average Bonchev–Trinajstić information content (AvgIpc) is 2.47. The summed E-state index contributed by atoms with van der Waals surface area (Å²) in [6.07, 6.45) is 0. The third-order valence-corrected chi connectivity index (χ3v) is 5.31. The molecule has 2 N–H and O–H groups in total. The van der Waals surface area contributed by atoms with E-state index in [4.69, 9.17) is 5.73 Å². The Morgan fingerprint density at radius 2 is 1.76 bits per heavy atom. The Labute approximate surface area is 134 Å². The topological polar surface area (TPSA) is 43.1 Å². The standard InChI is InChI=1S/C17H14BrNOS/c18-14-8-9-17(16(19)10-14)21(20)11-13-6-3-5-12-4-1-2-7-15(12)13/h1-10H,11,19H2. The highest BCUT2D eigenvalue weighted by molar-refractivity contribution is 9.10. The van der Waals surface area contributed by atoms with Gasteiger partial charge in [0.1, 0.15) is 0 Å². The van der Waals surface area contributed by atoms with Gasteiger partial charge in [0.2, 0.25) is 0 Å². The molecule has 0 aliphatic heterocycles. The van der Waals surface area contributed by atoms with Gasteiger partial charge in [0.05, 0.1) is 21.4 Å². The van der Waals surface area contributed by atoms with E-state index in [0.717, 1.165) is 20.8 Å². The van der Waals surface area contributed by atoms with Gasteiger partial charge in [-0.25, -0.2) is 0 Å². The number of benzene rings is 3. The van der Waals surface area contributed by atoms with Crippen molar-refractivity contribution in [1.82, 2.24) is 0 Å². The zero-order valence-electron chi connectivity index (χ0n) is 11.3. The van der Waals surface area contributed by atoms with Crippen molar-refractivity contribution in [3.63, 3.8) is 0 Å². The van der Waals surface area contributed by atoms with Crippen molar-refractivity contribution in [2.75, 3.05) is 5.73 Å². The van der Waals surface area contributed by atoms with Gasteiger partial charge in [0.15, 0.2) is 0 Å². The van der Waals surface area contributed by atoms with Crippen LogP contribution in [0.15, 0.2) is 70.0 Å². The van der Waals surface area contributed by atoms with E-state index in [1.807, 2.05) is 36.4 Å². The number of fused-ring (bicyclic) bond motifs is 1. The van der Waals surface area contributed by atoms with Crippen molar-refractivity contribution in [3.05, 3.63) is 70.7 Å². The van der Waals surface area contributed by atoms with Crippen molar-refractivity contribution in [3.8, 4) is 0 Å². The van der Waals surface area contributed by atoms with E-state index in [2.05, 4.69) is 34.1 Å². The van der Waals surface area contributed by atoms with Crippen LogP contribution in [0, 0.1) is 0 Å². The normalized spacial score (nSPS) is 12.4. The molecule has 106 valence electrons. The van der Waals surface area contributed by atoms with Gasteiger partial charge in [-0.15, -0.1) is 0 Å². The van der Waals surface area contributed by atoms with E-state index in [-0.39, 0.29) is 0 Å². The molecule has 0 saturated carbocycles. The highest BCUT2D eigenvalue weighted by Crippen LogP contribution is 2.26. The van der Waals surface area contributed by atoms with Gasteiger partial charge in [-0.3, -0.25) is 4.21 Å². The van der Waals surface area contributed by atoms with E-state index in [9.17, 15) is 4.21 Å². The van der Waals surface area contributed by atoms with E-state index in [1.54, 1.807) is 6.07 Å². The number of hydrogen-bond donors (Lipinski definition) is 1. The molecular formula is C17H14BrNOS. The maximum Gasteiger partial charge on any atom is 0.0621 e. The van der Waals surface area contributed by atoms with Crippen LogP contribution >= 0.6 is 15.9 Å². The first-order valence-electron chi connectivity index (χ1n) is 6.55. The maximum atomic E-state index is 12.6. The Bertz CT molecular complexity index is 827. The number of nitrogen functional groups attached to an aromatic ring is 1. The van der Waals surface area contributed by atoms with Crippen LogP contribution in [0.2, 0.25) is 0 Å². The molecule has 0 saturated heterocycles. The van der Waals surface area contributed by atoms with Crippen molar-refractivity contribution >= 4 is 43.2 Å². The van der Waals surface area contributed by atoms with Gasteiger partial charge < -0.3 is 5.73 Å². The van der Waals surface area contributed by atoms with Crippen molar-refractivity contribution in [2.45, 2.75) is 10.6 Å². The van der Waals surface area contributed by atoms with Gasteiger partial charge >= 0.3 is 0 Å². The molecule has 1 unspecified atom stereocenters. The van der Waals surface area contributed by atoms with Crippen LogP contribution in [0.5, 0.6) is 0 Å². The molecule has 0 aliphatic rings. The lowest BCUT2D eigenvalue weighted by Gasteiger charge is -2.09. The highest BCUT2D eigenvalue weighted by atomic mass is 79.9. The molecule has 3 aromatic carbocycles. The third kappa shape index (κ3) is 3.01. The molecule has 2 nitrogen and oxygen atoms in total. The number of rotatable bonds is 3. The molecule has 0 bridgehead atoms. The summed E-state index contributed by atoms with van der Waals surface area (Å²) in [7, 11) is -1.16. The van der Waals surface area contributed by atoms with Crippen molar-refractivity contribution < 1.29 is 4.21 Å². The van der Waals surface area contributed by atoms with Gasteiger partial charge in [0.25, 0.3) is 0 Å². The molecule has 3 aromatic rings. The van der Waals surface area contributed by atoms with E-state index >= 15 is 0 Å². The van der Waals surface area contributed by atoms with Crippen LogP contribution in [-0.4, -0.2) is 4.21 Å². The van der Waals surface area contributed by atoms with Crippen LogP contribution in [-0.2, 0) is 16.6 Å². The quantitative estimate of drug-likeness (QED) is 0.700. The monoisotopic (exact) mass is 359 g/mol. The molecule has 0 aliphatic carbocycles. The van der Waals surface area contributed by atoms with Gasteiger partial charge in [0, 0.05) is 10.2 Å². The minimum Gasteiger partial charge on any atom is -0.398 e. The summed E-state index contributed by atoms with van der Waals surface area (Å²) in [5.41, 5.74) is 7.60. The molecule has 0 aromatic heterocycles. The summed E-state index contributed by atoms with van der Waals surface area (Å²) in [6.45, 7) is 0. The largest absolute Gasteiger partial charge is 0.398 e. The van der Waals surface area contributed by atoms with Crippen LogP contribution in [0.1, 0.15) is 5.56 Å². The van der Waals surface area contributed by atoms with E-state index < -0.39 is 10.8 Å². The lowest BCUT2D eigenvalue weighted by Crippen LogP contribution is -2.01. The summed E-state index contributed by atoms with van der Waals surface area (Å²) < 4.78 is 13.5. The molecule has 21 heavy (non-hydrogen) atoms. The molecular weight excluding hydrogens is 346 g/mol.